The minimum Gasteiger partial charge on any atom is -0.353 e. The summed E-state index contributed by atoms with van der Waals surface area (Å²) in [6.07, 6.45) is 4.16. The molecule has 27 heavy (non-hydrogen) atoms. The normalized spacial score (nSPS) is 20.4. The van der Waals surface area contributed by atoms with Crippen LogP contribution in [0.5, 0.6) is 0 Å². The van der Waals surface area contributed by atoms with Crippen molar-refractivity contribution in [2.75, 3.05) is 13.1 Å². The van der Waals surface area contributed by atoms with E-state index in [0.29, 0.717) is 11.6 Å². The maximum absolute atomic E-state index is 14.1. The second-order valence-electron chi connectivity index (χ2n) is 7.68. The van der Waals surface area contributed by atoms with Gasteiger partial charge in [0.05, 0.1) is 5.92 Å². The van der Waals surface area contributed by atoms with Crippen LogP contribution in [-0.4, -0.2) is 29.9 Å². The highest BCUT2D eigenvalue weighted by atomic mass is 19.1. The number of rotatable bonds is 5. The molecule has 0 bridgehead atoms. The van der Waals surface area contributed by atoms with Gasteiger partial charge in [-0.05, 0) is 61.6 Å². The van der Waals surface area contributed by atoms with E-state index >= 15 is 0 Å². The molecule has 4 rings (SSSR count). The van der Waals surface area contributed by atoms with Gasteiger partial charge in [0.1, 0.15) is 11.6 Å². The highest BCUT2D eigenvalue weighted by molar-refractivity contribution is 5.79. The van der Waals surface area contributed by atoms with Crippen LogP contribution in [0.3, 0.4) is 0 Å². The van der Waals surface area contributed by atoms with Crippen molar-refractivity contribution >= 4 is 5.91 Å². The second kappa shape index (κ2) is 7.77. The van der Waals surface area contributed by atoms with Crippen LogP contribution < -0.4 is 5.32 Å². The monoisotopic (exact) mass is 370 g/mol. The topological polar surface area (TPSA) is 32.3 Å². The van der Waals surface area contributed by atoms with E-state index < -0.39 is 11.6 Å². The number of carbonyl (C=O) groups excluding carboxylic acids is 1. The first-order valence-electron chi connectivity index (χ1n) is 9.65. The Bertz CT molecular complexity index is 835. The van der Waals surface area contributed by atoms with E-state index in [9.17, 15) is 13.6 Å². The third-order valence-electron chi connectivity index (χ3n) is 5.38. The van der Waals surface area contributed by atoms with Crippen LogP contribution in [0.4, 0.5) is 8.78 Å². The van der Waals surface area contributed by atoms with E-state index in [1.807, 2.05) is 24.3 Å². The number of nitrogens with zero attached hydrogens (tertiary/aromatic N) is 1. The summed E-state index contributed by atoms with van der Waals surface area (Å²) in [5.41, 5.74) is 2.21. The molecule has 2 aromatic rings. The van der Waals surface area contributed by atoms with Gasteiger partial charge in [-0.3, -0.25) is 9.69 Å². The molecule has 2 fully saturated rings. The molecule has 142 valence electrons. The largest absolute Gasteiger partial charge is 0.353 e. The van der Waals surface area contributed by atoms with Crippen molar-refractivity contribution in [2.45, 2.75) is 38.3 Å². The number of hydrogen-bond donors (Lipinski definition) is 1. The van der Waals surface area contributed by atoms with Crippen LogP contribution in [-0.2, 0) is 11.3 Å². The van der Waals surface area contributed by atoms with Gasteiger partial charge in [0.25, 0.3) is 0 Å². The van der Waals surface area contributed by atoms with E-state index in [1.165, 1.54) is 12.1 Å². The minimum atomic E-state index is -0.573. The van der Waals surface area contributed by atoms with Crippen molar-refractivity contribution in [3.05, 3.63) is 59.7 Å². The molecule has 2 aromatic carbocycles. The molecule has 5 heteroatoms. The first kappa shape index (κ1) is 18.1. The minimum absolute atomic E-state index is 0.0528. The fraction of sp³-hybridized carbons (Fsp3) is 0.409. The lowest BCUT2D eigenvalue weighted by molar-refractivity contribution is -0.126. The van der Waals surface area contributed by atoms with Gasteiger partial charge in [-0.1, -0.05) is 18.2 Å². The Hall–Kier alpha value is -2.27. The third kappa shape index (κ3) is 4.53. The molecule has 1 atom stereocenters. The van der Waals surface area contributed by atoms with Crippen molar-refractivity contribution in [1.82, 2.24) is 10.2 Å². The van der Waals surface area contributed by atoms with Crippen molar-refractivity contribution in [2.24, 2.45) is 5.92 Å². The van der Waals surface area contributed by atoms with Gasteiger partial charge >= 0.3 is 0 Å². The van der Waals surface area contributed by atoms with Crippen LogP contribution in [0.25, 0.3) is 11.1 Å². The quantitative estimate of drug-likeness (QED) is 0.859. The molecule has 1 heterocycles. The molecular weight excluding hydrogens is 346 g/mol. The average Bonchev–Trinajstić information content (AvgIpc) is 3.46. The summed E-state index contributed by atoms with van der Waals surface area (Å²) in [4.78, 5) is 14.6. The van der Waals surface area contributed by atoms with Gasteiger partial charge in [0, 0.05) is 30.8 Å². The molecule has 0 aromatic heterocycles. The summed E-state index contributed by atoms with van der Waals surface area (Å²) in [5, 5.41) is 3.11. The average molecular weight is 370 g/mol. The fourth-order valence-electron chi connectivity index (χ4n) is 3.78. The number of benzene rings is 2. The van der Waals surface area contributed by atoms with Crippen LogP contribution in [0.1, 0.15) is 31.2 Å². The van der Waals surface area contributed by atoms with Crippen LogP contribution in [0, 0.1) is 17.6 Å². The zero-order valence-corrected chi connectivity index (χ0v) is 15.3. The highest BCUT2D eigenvalue weighted by Crippen LogP contribution is 2.26. The Labute approximate surface area is 158 Å². The molecular formula is C22H24F2N2O. The first-order valence-corrected chi connectivity index (χ1v) is 9.65. The number of nitrogens with one attached hydrogen (secondary N) is 1. The summed E-state index contributed by atoms with van der Waals surface area (Å²) in [5.74, 6) is -0.889. The van der Waals surface area contributed by atoms with E-state index in [2.05, 4.69) is 10.2 Å². The Kier molecular flexibility index (Phi) is 5.21. The maximum Gasteiger partial charge on any atom is 0.224 e. The molecule has 1 aliphatic heterocycles. The third-order valence-corrected chi connectivity index (χ3v) is 5.38. The van der Waals surface area contributed by atoms with E-state index in [-0.39, 0.29) is 11.8 Å². The lowest BCUT2D eigenvalue weighted by Gasteiger charge is -2.32. The number of carbonyl (C=O) groups is 1. The SMILES string of the molecule is O=C(NC1CC1)C1CCCN(Cc2cccc(-c3ccc(F)cc3F)c2)C1. The summed E-state index contributed by atoms with van der Waals surface area (Å²) in [6, 6.07) is 11.8. The van der Waals surface area contributed by atoms with Crippen LogP contribution >= 0.6 is 0 Å². The molecule has 2 aliphatic rings. The molecule has 0 radical (unpaired) electrons. The molecule has 3 nitrogen and oxygen atoms in total. The van der Waals surface area contributed by atoms with Gasteiger partial charge in [-0.25, -0.2) is 8.78 Å². The van der Waals surface area contributed by atoms with Gasteiger partial charge < -0.3 is 5.32 Å². The Morgan fingerprint density at radius 3 is 2.74 bits per heavy atom. The van der Waals surface area contributed by atoms with Gasteiger partial charge in [0.2, 0.25) is 5.91 Å². The number of likely N-dealkylation sites (tertiary alicyclic amines) is 1. The van der Waals surface area contributed by atoms with Gasteiger partial charge in [-0.15, -0.1) is 0 Å². The van der Waals surface area contributed by atoms with Crippen molar-refractivity contribution in [1.29, 1.82) is 0 Å². The van der Waals surface area contributed by atoms with Crippen LogP contribution in [0.2, 0.25) is 0 Å². The van der Waals surface area contributed by atoms with Crippen molar-refractivity contribution < 1.29 is 13.6 Å². The molecule has 1 saturated heterocycles. The van der Waals surface area contributed by atoms with Crippen LogP contribution in [0.15, 0.2) is 42.5 Å². The van der Waals surface area contributed by atoms with Gasteiger partial charge in [-0.2, -0.15) is 0 Å². The zero-order valence-electron chi connectivity index (χ0n) is 15.3. The summed E-state index contributed by atoms with van der Waals surface area (Å²) >= 11 is 0. The standard InChI is InChI=1S/C22H24F2N2O/c23-18-6-9-20(21(24)12-18)16-4-1-3-15(11-16)13-26-10-2-5-17(14-26)22(27)25-19-7-8-19/h1,3-4,6,9,11-12,17,19H,2,5,7-8,10,13-14H2,(H,25,27). The first-order chi connectivity index (χ1) is 13.1. The predicted molar refractivity (Wildman–Crippen MR) is 101 cm³/mol. The van der Waals surface area contributed by atoms with E-state index in [4.69, 9.17) is 0 Å². The zero-order chi connectivity index (χ0) is 18.8. The smallest absolute Gasteiger partial charge is 0.224 e. The number of halogens is 2. The number of hydrogen-bond acceptors (Lipinski definition) is 2. The molecule has 1 amide bonds. The van der Waals surface area contributed by atoms with Crippen molar-refractivity contribution in [3.8, 4) is 11.1 Å². The highest BCUT2D eigenvalue weighted by Gasteiger charge is 2.30. The van der Waals surface area contributed by atoms with E-state index in [1.54, 1.807) is 0 Å². The summed E-state index contributed by atoms with van der Waals surface area (Å²) < 4.78 is 27.2. The summed E-state index contributed by atoms with van der Waals surface area (Å²) in [6.45, 7) is 2.44. The second-order valence-corrected chi connectivity index (χ2v) is 7.68. The van der Waals surface area contributed by atoms with Crippen molar-refractivity contribution in [3.63, 3.8) is 0 Å². The molecule has 1 aliphatic carbocycles. The molecule has 1 saturated carbocycles. The lowest BCUT2D eigenvalue weighted by atomic mass is 9.96. The molecule has 1 unspecified atom stereocenters. The summed E-state index contributed by atoms with van der Waals surface area (Å²) in [7, 11) is 0. The molecule has 1 N–H and O–H groups in total. The predicted octanol–water partition coefficient (Wildman–Crippen LogP) is 4.12. The molecule has 0 spiro atoms. The number of amides is 1. The Balaban J connectivity index is 1.43. The Morgan fingerprint density at radius 2 is 1.96 bits per heavy atom. The fourth-order valence-corrected chi connectivity index (χ4v) is 3.78. The van der Waals surface area contributed by atoms with E-state index in [0.717, 1.165) is 62.5 Å². The maximum atomic E-state index is 14.1. The lowest BCUT2D eigenvalue weighted by Crippen LogP contribution is -2.43. The Morgan fingerprint density at radius 1 is 1.11 bits per heavy atom. The van der Waals surface area contributed by atoms with Gasteiger partial charge in [0.15, 0.2) is 0 Å². The number of piperidine rings is 1.